The molecule has 0 spiro atoms. The minimum absolute atomic E-state index is 0.619. The Bertz CT molecular complexity index is 2720. The highest BCUT2D eigenvalue weighted by Crippen LogP contribution is 2.47. The van der Waals surface area contributed by atoms with Crippen molar-refractivity contribution in [2.75, 3.05) is 0 Å². The maximum atomic E-state index is 6.36. The molecule has 4 heteroatoms. The normalized spacial score (nSPS) is 11.5. The van der Waals surface area contributed by atoms with Gasteiger partial charge in [-0.05, 0) is 80.7 Å². The lowest BCUT2D eigenvalue weighted by Gasteiger charge is -2.22. The van der Waals surface area contributed by atoms with Crippen molar-refractivity contribution in [3.05, 3.63) is 188 Å². The zero-order valence-electron chi connectivity index (χ0n) is 28.6. The smallest absolute Gasteiger partial charge is 0.164 e. The quantitative estimate of drug-likeness (QED) is 0.176. The topological polar surface area (TPSA) is 47.9 Å². The molecule has 0 unspecified atom stereocenters. The van der Waals surface area contributed by atoms with Crippen LogP contribution >= 0.6 is 0 Å². The predicted molar refractivity (Wildman–Crippen MR) is 215 cm³/mol. The third-order valence-corrected chi connectivity index (χ3v) is 9.91. The van der Waals surface area contributed by atoms with Gasteiger partial charge in [0.2, 0.25) is 0 Å². The third kappa shape index (κ3) is 5.73. The highest BCUT2D eigenvalue weighted by Gasteiger charge is 2.21. The largest absolute Gasteiger partial charge is 0.456 e. The van der Waals surface area contributed by atoms with Gasteiger partial charge in [0, 0.05) is 27.6 Å². The Kier molecular flexibility index (Phi) is 7.43. The first-order valence-corrected chi connectivity index (χ1v) is 17.8. The van der Waals surface area contributed by atoms with E-state index in [1.165, 1.54) is 10.9 Å². The number of rotatable bonds is 6. The van der Waals surface area contributed by atoms with Crippen molar-refractivity contribution in [1.82, 2.24) is 15.0 Å². The lowest BCUT2D eigenvalue weighted by Crippen LogP contribution is -2.00. The number of hydrogen-bond acceptors (Lipinski definition) is 4. The molecule has 2 heterocycles. The molecule has 10 rings (SSSR count). The Hall–Kier alpha value is -7.17. The van der Waals surface area contributed by atoms with Gasteiger partial charge in [-0.25, -0.2) is 15.0 Å². The Balaban J connectivity index is 1.07. The molecule has 1 aliphatic heterocycles. The summed E-state index contributed by atoms with van der Waals surface area (Å²) in [5.41, 5.74) is 11.7. The van der Waals surface area contributed by atoms with Gasteiger partial charge in [-0.3, -0.25) is 0 Å². The van der Waals surface area contributed by atoms with Gasteiger partial charge in [-0.2, -0.15) is 0 Å². The van der Waals surface area contributed by atoms with Crippen LogP contribution in [0.15, 0.2) is 188 Å². The maximum absolute atomic E-state index is 6.36. The summed E-state index contributed by atoms with van der Waals surface area (Å²) in [5, 5.41) is 2.33. The first-order chi connectivity index (χ1) is 26.2. The molecule has 0 N–H and O–H groups in total. The molecule has 8 aromatic carbocycles. The van der Waals surface area contributed by atoms with Crippen molar-refractivity contribution >= 4 is 10.8 Å². The monoisotopic (exact) mass is 677 g/mol. The molecular weight excluding hydrogens is 647 g/mol. The average Bonchev–Trinajstić information content (AvgIpc) is 3.24. The van der Waals surface area contributed by atoms with Gasteiger partial charge < -0.3 is 4.74 Å². The van der Waals surface area contributed by atoms with Gasteiger partial charge in [0.15, 0.2) is 17.5 Å². The first kappa shape index (κ1) is 30.6. The number of nitrogens with zero attached hydrogens (tertiary/aromatic N) is 3. The molecular formula is C49H31N3O. The van der Waals surface area contributed by atoms with Gasteiger partial charge >= 0.3 is 0 Å². The second-order valence-electron chi connectivity index (χ2n) is 13.3. The fourth-order valence-corrected chi connectivity index (χ4v) is 7.26. The molecule has 0 amide bonds. The van der Waals surface area contributed by atoms with Crippen molar-refractivity contribution in [2.24, 2.45) is 0 Å². The zero-order valence-corrected chi connectivity index (χ0v) is 28.6. The molecule has 0 radical (unpaired) electrons. The van der Waals surface area contributed by atoms with E-state index in [0.29, 0.717) is 17.5 Å². The number of fused-ring (bicyclic) bond motifs is 2. The highest BCUT2D eigenvalue weighted by atomic mass is 16.5. The minimum atomic E-state index is 0.619. The summed E-state index contributed by atoms with van der Waals surface area (Å²) in [6, 6.07) is 65.2. The van der Waals surface area contributed by atoms with E-state index < -0.39 is 0 Å². The summed E-state index contributed by atoms with van der Waals surface area (Å²) in [5.74, 6) is 3.64. The summed E-state index contributed by atoms with van der Waals surface area (Å²) in [6.45, 7) is 0. The van der Waals surface area contributed by atoms with Crippen LogP contribution in [-0.4, -0.2) is 15.0 Å². The molecule has 0 fully saturated rings. The van der Waals surface area contributed by atoms with Crippen LogP contribution in [0.25, 0.3) is 89.4 Å². The van der Waals surface area contributed by atoms with E-state index in [1.807, 2.05) is 54.6 Å². The fourth-order valence-electron chi connectivity index (χ4n) is 7.26. The van der Waals surface area contributed by atoms with Crippen LogP contribution in [-0.2, 0) is 0 Å². The Morgan fingerprint density at radius 3 is 1.38 bits per heavy atom. The molecule has 0 saturated heterocycles. The summed E-state index contributed by atoms with van der Waals surface area (Å²) < 4.78 is 6.36. The predicted octanol–water partition coefficient (Wildman–Crippen LogP) is 12.8. The van der Waals surface area contributed by atoms with Crippen molar-refractivity contribution in [3.8, 4) is 90.2 Å². The van der Waals surface area contributed by atoms with E-state index >= 15 is 0 Å². The number of hydrogen-bond donors (Lipinski definition) is 0. The van der Waals surface area contributed by atoms with Crippen LogP contribution in [0, 0.1) is 0 Å². The molecule has 1 aromatic heterocycles. The summed E-state index contributed by atoms with van der Waals surface area (Å²) in [6.07, 6.45) is 0. The maximum Gasteiger partial charge on any atom is 0.164 e. The van der Waals surface area contributed by atoms with Crippen LogP contribution in [0.2, 0.25) is 0 Å². The van der Waals surface area contributed by atoms with E-state index in [9.17, 15) is 0 Å². The first-order valence-electron chi connectivity index (χ1n) is 17.8. The summed E-state index contributed by atoms with van der Waals surface area (Å²) in [7, 11) is 0. The SMILES string of the molecule is c1ccc(-c2cc(-c3ccccc3)cc(-c3nc(-c4ccccc4)nc(-c4ccc(-c5ccc6c(c5)-c5cccc7cccc(c57)O6)cc4)n3)c2)cc1. The Morgan fingerprint density at radius 1 is 0.283 bits per heavy atom. The average molecular weight is 678 g/mol. The van der Waals surface area contributed by atoms with Crippen molar-refractivity contribution in [3.63, 3.8) is 0 Å². The zero-order chi connectivity index (χ0) is 35.1. The molecule has 0 saturated carbocycles. The number of ether oxygens (including phenoxy) is 1. The fraction of sp³-hybridized carbons (Fsp3) is 0. The molecule has 248 valence electrons. The van der Waals surface area contributed by atoms with Crippen LogP contribution in [0.5, 0.6) is 11.5 Å². The van der Waals surface area contributed by atoms with Crippen LogP contribution in [0.1, 0.15) is 0 Å². The number of aromatic nitrogens is 3. The van der Waals surface area contributed by atoms with Crippen LogP contribution in [0.4, 0.5) is 0 Å². The molecule has 53 heavy (non-hydrogen) atoms. The number of benzene rings is 8. The molecule has 9 aromatic rings. The minimum Gasteiger partial charge on any atom is -0.456 e. The van der Waals surface area contributed by atoms with E-state index in [4.69, 9.17) is 19.7 Å². The Morgan fingerprint density at radius 2 is 0.755 bits per heavy atom. The lowest BCUT2D eigenvalue weighted by molar-refractivity contribution is 0.487. The van der Waals surface area contributed by atoms with E-state index in [-0.39, 0.29) is 0 Å². The van der Waals surface area contributed by atoms with Crippen molar-refractivity contribution in [2.45, 2.75) is 0 Å². The molecule has 0 bridgehead atoms. The van der Waals surface area contributed by atoms with Gasteiger partial charge in [-0.15, -0.1) is 0 Å². The molecule has 1 aliphatic rings. The summed E-state index contributed by atoms with van der Waals surface area (Å²) in [4.78, 5) is 15.2. The highest BCUT2D eigenvalue weighted by molar-refractivity contribution is 6.04. The molecule has 0 atom stereocenters. The van der Waals surface area contributed by atoms with Crippen molar-refractivity contribution in [1.29, 1.82) is 0 Å². The Labute approximate surface area is 307 Å². The van der Waals surface area contributed by atoms with Gasteiger partial charge in [0.25, 0.3) is 0 Å². The molecule has 0 aliphatic carbocycles. The standard InChI is InChI=1S/C49H31N3O/c1-4-12-32(13-5-1)39-28-40(33-14-6-2-7-15-33)30-41(29-39)49-51-47(36-16-8-3-9-17-36)50-48(52-49)37-24-22-34(23-25-37)38-26-27-44-43(31-38)42-20-10-18-35-19-11-21-45(53-44)46(35)42/h1-31H. The van der Waals surface area contributed by atoms with Crippen LogP contribution < -0.4 is 4.74 Å². The van der Waals surface area contributed by atoms with Crippen molar-refractivity contribution < 1.29 is 4.74 Å². The van der Waals surface area contributed by atoms with E-state index in [0.717, 1.165) is 72.5 Å². The van der Waals surface area contributed by atoms with E-state index in [2.05, 4.69) is 133 Å². The summed E-state index contributed by atoms with van der Waals surface area (Å²) >= 11 is 0. The van der Waals surface area contributed by atoms with E-state index in [1.54, 1.807) is 0 Å². The van der Waals surface area contributed by atoms with Gasteiger partial charge in [0.05, 0.1) is 0 Å². The second kappa shape index (κ2) is 12.9. The second-order valence-corrected chi connectivity index (χ2v) is 13.3. The van der Waals surface area contributed by atoms with Crippen LogP contribution in [0.3, 0.4) is 0 Å². The molecule has 4 nitrogen and oxygen atoms in total. The third-order valence-electron chi connectivity index (χ3n) is 9.91. The lowest BCUT2D eigenvalue weighted by atomic mass is 9.92. The van der Waals surface area contributed by atoms with Gasteiger partial charge in [-0.1, -0.05) is 152 Å². The van der Waals surface area contributed by atoms with Gasteiger partial charge in [0.1, 0.15) is 11.5 Å².